The molecule has 0 bridgehead atoms. The van der Waals surface area contributed by atoms with E-state index in [1.54, 1.807) is 18.2 Å². The van der Waals surface area contributed by atoms with Crippen molar-refractivity contribution in [2.45, 2.75) is 26.8 Å². The molecule has 1 aromatic heterocycles. The summed E-state index contributed by atoms with van der Waals surface area (Å²) in [7, 11) is 0. The first-order valence-corrected chi connectivity index (χ1v) is 11.0. The summed E-state index contributed by atoms with van der Waals surface area (Å²) in [5, 5.41) is 14.7. The van der Waals surface area contributed by atoms with Crippen LogP contribution in [0.15, 0.2) is 60.7 Å². The van der Waals surface area contributed by atoms with Gasteiger partial charge in [-0.3, -0.25) is 9.59 Å². The van der Waals surface area contributed by atoms with Crippen molar-refractivity contribution < 1.29 is 9.59 Å². The Hall–Kier alpha value is -3.76. The third-order valence-corrected chi connectivity index (χ3v) is 5.76. The number of hydrogen-bond donors (Lipinski definition) is 2. The van der Waals surface area contributed by atoms with Gasteiger partial charge in [0.25, 0.3) is 5.91 Å². The van der Waals surface area contributed by atoms with Gasteiger partial charge in [0.15, 0.2) is 0 Å². The van der Waals surface area contributed by atoms with Crippen LogP contribution in [0.5, 0.6) is 0 Å². The molecule has 7 heteroatoms. The van der Waals surface area contributed by atoms with Gasteiger partial charge < -0.3 is 10.6 Å². The average Bonchev–Trinajstić information content (AvgIpc) is 3.21. The molecule has 0 atom stereocenters. The first-order valence-electron chi connectivity index (χ1n) is 10.2. The van der Waals surface area contributed by atoms with Crippen molar-refractivity contribution in [2.24, 2.45) is 0 Å². The maximum absolute atomic E-state index is 12.5. The summed E-state index contributed by atoms with van der Waals surface area (Å²) < 4.78 is 1.05. The van der Waals surface area contributed by atoms with E-state index in [0.717, 1.165) is 31.9 Å². The topological polar surface area (TPSA) is 94.9 Å². The van der Waals surface area contributed by atoms with Crippen LogP contribution < -0.4 is 10.6 Å². The van der Waals surface area contributed by atoms with Gasteiger partial charge in [-0.2, -0.15) is 5.26 Å². The van der Waals surface area contributed by atoms with Gasteiger partial charge in [0, 0.05) is 12.1 Å². The third-order valence-electron chi connectivity index (χ3n) is 4.74. The molecule has 2 N–H and O–H groups in total. The fraction of sp³-hybridized carbons (Fsp3) is 0.200. The number of nitrogens with zero attached hydrogens (tertiary/aromatic N) is 2. The van der Waals surface area contributed by atoms with E-state index in [9.17, 15) is 9.59 Å². The first-order chi connectivity index (χ1) is 15.5. The Morgan fingerprint density at radius 2 is 1.97 bits per heavy atom. The smallest absolute Gasteiger partial charge is 0.252 e. The maximum atomic E-state index is 12.5. The molecule has 6 nitrogen and oxygen atoms in total. The number of aromatic nitrogens is 1. The fourth-order valence-corrected chi connectivity index (χ4v) is 4.22. The summed E-state index contributed by atoms with van der Waals surface area (Å²) in [6.45, 7) is 4.26. The molecule has 32 heavy (non-hydrogen) atoms. The van der Waals surface area contributed by atoms with E-state index in [2.05, 4.69) is 33.8 Å². The predicted molar refractivity (Wildman–Crippen MR) is 128 cm³/mol. The number of nitrogens with one attached hydrogen (secondary N) is 2. The van der Waals surface area contributed by atoms with E-state index >= 15 is 0 Å². The number of benzene rings is 2. The van der Waals surface area contributed by atoms with Gasteiger partial charge in [-0.1, -0.05) is 36.4 Å². The number of fused-ring (bicyclic) bond motifs is 1. The second kappa shape index (κ2) is 11.0. The number of rotatable bonds is 8. The Labute approximate surface area is 191 Å². The number of carbonyl (C=O) groups excluding carboxylic acids is 2. The second-order valence-corrected chi connectivity index (χ2v) is 8.14. The number of allylic oxidation sites excluding steroid dienone is 4. The summed E-state index contributed by atoms with van der Waals surface area (Å²) in [4.78, 5) is 29.0. The van der Waals surface area contributed by atoms with Gasteiger partial charge in [-0.25, -0.2) is 4.98 Å². The van der Waals surface area contributed by atoms with Crippen molar-refractivity contribution in [2.75, 3.05) is 6.54 Å². The Balaban J connectivity index is 1.63. The zero-order valence-electron chi connectivity index (χ0n) is 18.0. The summed E-state index contributed by atoms with van der Waals surface area (Å²) >= 11 is 1.52. The van der Waals surface area contributed by atoms with E-state index in [1.165, 1.54) is 11.3 Å². The minimum atomic E-state index is -0.316. The molecule has 3 rings (SSSR count). The Bertz CT molecular complexity index is 1230. The van der Waals surface area contributed by atoms with Crippen LogP contribution in [-0.4, -0.2) is 23.3 Å². The van der Waals surface area contributed by atoms with Crippen LogP contribution in [0.2, 0.25) is 0 Å². The molecule has 0 spiro atoms. The number of thiazole rings is 1. The maximum Gasteiger partial charge on any atom is 0.252 e. The normalized spacial score (nSPS) is 11.5. The number of hydrogen-bond acceptors (Lipinski definition) is 5. The van der Waals surface area contributed by atoms with Gasteiger partial charge in [0.1, 0.15) is 11.6 Å². The number of carbonyl (C=O) groups is 2. The lowest BCUT2D eigenvalue weighted by Gasteiger charge is -2.06. The Morgan fingerprint density at radius 1 is 1.12 bits per heavy atom. The molecule has 162 valence electrons. The van der Waals surface area contributed by atoms with Crippen LogP contribution in [0.1, 0.15) is 40.3 Å². The lowest BCUT2D eigenvalue weighted by Crippen LogP contribution is -2.25. The highest BCUT2D eigenvalue weighted by molar-refractivity contribution is 7.18. The highest BCUT2D eigenvalue weighted by Crippen LogP contribution is 2.27. The van der Waals surface area contributed by atoms with Crippen molar-refractivity contribution in [1.29, 1.82) is 5.26 Å². The monoisotopic (exact) mass is 444 g/mol. The Morgan fingerprint density at radius 3 is 2.72 bits per heavy atom. The minimum Gasteiger partial charge on any atom is -0.352 e. The Kier molecular flexibility index (Phi) is 7.90. The van der Waals surface area contributed by atoms with Gasteiger partial charge in [-0.05, 0) is 54.8 Å². The SMILES string of the molecule is C/C=C\C(=C/C)c1ccc2nc(CC(=O)NCc3cccc(C(=O)NCC#N)c3)sc2c1. The minimum absolute atomic E-state index is 0.0468. The van der Waals surface area contributed by atoms with E-state index in [1.807, 2.05) is 44.2 Å². The standard InChI is InChI=1S/C25H24N4O2S/c1-3-6-18(4-2)19-9-10-21-22(14-19)32-24(29-21)15-23(30)28-16-17-7-5-8-20(13-17)25(31)27-12-11-26/h3-10,13-14H,12,15-16H2,1-2H3,(H,27,31)(H,28,30)/b6-3-,18-4+. The molecular formula is C25H24N4O2S. The van der Waals surface area contributed by atoms with Crippen LogP contribution in [0, 0.1) is 11.3 Å². The summed E-state index contributed by atoms with van der Waals surface area (Å²) in [5.74, 6) is -0.448. The molecule has 0 saturated carbocycles. The molecule has 2 amide bonds. The van der Waals surface area contributed by atoms with E-state index in [0.29, 0.717) is 12.1 Å². The second-order valence-electron chi connectivity index (χ2n) is 7.03. The molecule has 3 aromatic rings. The summed E-state index contributed by atoms with van der Waals surface area (Å²) in [6, 6.07) is 15.0. The average molecular weight is 445 g/mol. The highest BCUT2D eigenvalue weighted by atomic mass is 32.1. The molecule has 0 aliphatic rings. The van der Waals surface area contributed by atoms with Gasteiger partial charge >= 0.3 is 0 Å². The lowest BCUT2D eigenvalue weighted by molar-refractivity contribution is -0.120. The zero-order chi connectivity index (χ0) is 22.9. The lowest BCUT2D eigenvalue weighted by atomic mass is 10.1. The van der Waals surface area contributed by atoms with E-state index < -0.39 is 0 Å². The zero-order valence-corrected chi connectivity index (χ0v) is 18.8. The summed E-state index contributed by atoms with van der Waals surface area (Å²) in [5.41, 5.74) is 4.41. The predicted octanol–water partition coefficient (Wildman–Crippen LogP) is 4.39. The molecule has 2 aromatic carbocycles. The fourth-order valence-electron chi connectivity index (χ4n) is 3.21. The van der Waals surface area contributed by atoms with Crippen molar-refractivity contribution in [3.05, 3.63) is 82.4 Å². The molecule has 0 saturated heterocycles. The van der Waals surface area contributed by atoms with Gasteiger partial charge in [0.2, 0.25) is 5.91 Å². The largest absolute Gasteiger partial charge is 0.352 e. The first kappa shape index (κ1) is 22.9. The molecule has 1 heterocycles. The quantitative estimate of drug-likeness (QED) is 0.398. The van der Waals surface area contributed by atoms with Crippen molar-refractivity contribution in [3.63, 3.8) is 0 Å². The molecule has 0 radical (unpaired) electrons. The molecular weight excluding hydrogens is 420 g/mol. The van der Waals surface area contributed by atoms with Crippen LogP contribution >= 0.6 is 11.3 Å². The number of nitriles is 1. The van der Waals surface area contributed by atoms with Crippen LogP contribution in [0.4, 0.5) is 0 Å². The number of amides is 2. The van der Waals surface area contributed by atoms with E-state index in [4.69, 9.17) is 5.26 Å². The van der Waals surface area contributed by atoms with Crippen molar-refractivity contribution in [3.8, 4) is 6.07 Å². The van der Waals surface area contributed by atoms with Gasteiger partial charge in [-0.15, -0.1) is 11.3 Å². The molecule has 0 fully saturated rings. The van der Waals surface area contributed by atoms with Gasteiger partial charge in [0.05, 0.1) is 22.7 Å². The molecule has 0 unspecified atom stereocenters. The van der Waals surface area contributed by atoms with Crippen molar-refractivity contribution >= 4 is 38.9 Å². The molecule has 0 aliphatic heterocycles. The van der Waals surface area contributed by atoms with Crippen LogP contribution in [0.3, 0.4) is 0 Å². The van der Waals surface area contributed by atoms with Crippen LogP contribution in [-0.2, 0) is 17.8 Å². The van der Waals surface area contributed by atoms with Crippen molar-refractivity contribution in [1.82, 2.24) is 15.6 Å². The highest BCUT2D eigenvalue weighted by Gasteiger charge is 2.11. The molecule has 0 aliphatic carbocycles. The third kappa shape index (κ3) is 5.90. The van der Waals surface area contributed by atoms with Crippen LogP contribution in [0.25, 0.3) is 15.8 Å². The van der Waals surface area contributed by atoms with E-state index in [-0.39, 0.29) is 24.8 Å². The summed E-state index contributed by atoms with van der Waals surface area (Å²) in [6.07, 6.45) is 6.34.